The van der Waals surface area contributed by atoms with Crippen LogP contribution >= 0.6 is 0 Å². The molecule has 0 bridgehead atoms. The lowest BCUT2D eigenvalue weighted by Gasteiger charge is -2.36. The molecular formula is C19H24N2O4. The lowest BCUT2D eigenvalue weighted by molar-refractivity contribution is -0.135. The quantitative estimate of drug-likeness (QED) is 0.843. The first-order valence-corrected chi connectivity index (χ1v) is 8.86. The molecular weight excluding hydrogens is 320 g/mol. The number of H-pyrrole nitrogens is 1. The maximum absolute atomic E-state index is 12.6. The van der Waals surface area contributed by atoms with E-state index in [4.69, 9.17) is 4.52 Å². The molecule has 2 N–H and O–H groups in total. The van der Waals surface area contributed by atoms with E-state index in [1.807, 2.05) is 17.0 Å². The zero-order chi connectivity index (χ0) is 17.6. The molecule has 6 heteroatoms. The molecule has 0 spiro atoms. The van der Waals surface area contributed by atoms with Gasteiger partial charge in [0.05, 0.1) is 0 Å². The van der Waals surface area contributed by atoms with Crippen LogP contribution in [0.1, 0.15) is 43.4 Å². The van der Waals surface area contributed by atoms with E-state index in [1.54, 1.807) is 12.1 Å². The van der Waals surface area contributed by atoms with Crippen molar-refractivity contribution >= 4 is 5.91 Å². The number of amides is 1. The highest BCUT2D eigenvalue weighted by Gasteiger charge is 2.26. The van der Waals surface area contributed by atoms with Crippen molar-refractivity contribution in [2.45, 2.75) is 51.0 Å². The Kier molecular flexibility index (Phi) is 5.58. The van der Waals surface area contributed by atoms with Crippen molar-refractivity contribution in [3.63, 3.8) is 0 Å². The summed E-state index contributed by atoms with van der Waals surface area (Å²) in [7, 11) is 0. The maximum atomic E-state index is 12.6. The number of aromatic nitrogens is 1. The smallest absolute Gasteiger partial charge is 0.280 e. The molecule has 1 fully saturated rings. The van der Waals surface area contributed by atoms with Gasteiger partial charge in [-0.15, -0.1) is 0 Å². The Bertz CT molecular complexity index is 747. The van der Waals surface area contributed by atoms with Crippen LogP contribution in [0.3, 0.4) is 0 Å². The van der Waals surface area contributed by atoms with Gasteiger partial charge < -0.3 is 14.5 Å². The number of aromatic hydroxyl groups is 1. The van der Waals surface area contributed by atoms with Crippen molar-refractivity contribution in [1.29, 1.82) is 0 Å². The minimum atomic E-state index is -0.271. The first-order valence-electron chi connectivity index (χ1n) is 8.86. The lowest BCUT2D eigenvalue weighted by atomic mass is 9.95. The molecule has 1 amide bonds. The second-order valence-corrected chi connectivity index (χ2v) is 6.62. The first-order chi connectivity index (χ1) is 12.1. The van der Waals surface area contributed by atoms with Crippen molar-refractivity contribution in [2.75, 3.05) is 6.54 Å². The van der Waals surface area contributed by atoms with Crippen LogP contribution in [0, 0.1) is 0 Å². The summed E-state index contributed by atoms with van der Waals surface area (Å²) in [6.45, 7) is 0.802. The molecule has 2 heterocycles. The summed E-state index contributed by atoms with van der Waals surface area (Å²) in [5, 5.41) is 11.6. The Morgan fingerprint density at radius 1 is 1.24 bits per heavy atom. The number of nitrogens with one attached hydrogen (secondary N) is 1. The third-order valence-electron chi connectivity index (χ3n) is 4.81. The van der Waals surface area contributed by atoms with Crippen LogP contribution in [0.2, 0.25) is 0 Å². The predicted octanol–water partition coefficient (Wildman–Crippen LogP) is 2.62. The molecule has 6 nitrogen and oxygen atoms in total. The first kappa shape index (κ1) is 17.3. The third-order valence-corrected chi connectivity index (χ3v) is 4.81. The van der Waals surface area contributed by atoms with Crippen LogP contribution in [0.25, 0.3) is 0 Å². The van der Waals surface area contributed by atoms with Gasteiger partial charge in [0.15, 0.2) is 0 Å². The summed E-state index contributed by atoms with van der Waals surface area (Å²) in [4.78, 5) is 25.7. The normalized spacial score (nSPS) is 17.6. The number of phenolic OH excluding ortho intramolecular Hbond substituents is 1. The van der Waals surface area contributed by atoms with Gasteiger partial charge in [-0.1, -0.05) is 12.1 Å². The van der Waals surface area contributed by atoms with E-state index < -0.39 is 0 Å². The molecule has 1 atom stereocenters. The number of carbonyl (C=O) groups is 1. The highest BCUT2D eigenvalue weighted by molar-refractivity contribution is 5.76. The minimum Gasteiger partial charge on any atom is -0.508 e. The van der Waals surface area contributed by atoms with E-state index >= 15 is 0 Å². The Hall–Kier alpha value is -2.50. The van der Waals surface area contributed by atoms with Gasteiger partial charge in [-0.2, -0.15) is 5.16 Å². The standard InChI is InChI=1S/C19H24N2O4/c22-16-8-5-14(6-9-16)4-7-15-3-1-2-12-21(15)19(24)11-10-17-13-18(23)20-25-17/h5-6,8-9,13,15,22H,1-4,7,10-12H2,(H,20,23). The average molecular weight is 344 g/mol. The molecule has 0 radical (unpaired) electrons. The van der Waals surface area contributed by atoms with Crippen molar-refractivity contribution in [1.82, 2.24) is 10.1 Å². The number of nitrogens with zero attached hydrogens (tertiary/aromatic N) is 1. The molecule has 0 aliphatic carbocycles. The molecule has 1 aliphatic rings. The SMILES string of the molecule is O=C(CCc1cc(=O)[nH]o1)N1CCCCC1CCc1ccc(O)cc1. The molecule has 1 saturated heterocycles. The van der Waals surface area contributed by atoms with Gasteiger partial charge in [-0.3, -0.25) is 9.59 Å². The topological polar surface area (TPSA) is 86.5 Å². The molecule has 1 aliphatic heterocycles. The number of hydrogen-bond donors (Lipinski definition) is 2. The van der Waals surface area contributed by atoms with Gasteiger partial charge in [0.1, 0.15) is 11.5 Å². The fraction of sp³-hybridized carbons (Fsp3) is 0.474. The summed E-state index contributed by atoms with van der Waals surface area (Å²) in [5.74, 6) is 0.921. The number of hydrogen-bond acceptors (Lipinski definition) is 4. The predicted molar refractivity (Wildman–Crippen MR) is 93.4 cm³/mol. The van der Waals surface area contributed by atoms with Gasteiger partial charge in [0.25, 0.3) is 5.56 Å². The van der Waals surface area contributed by atoms with Gasteiger partial charge in [0, 0.05) is 31.5 Å². The number of benzene rings is 1. The largest absolute Gasteiger partial charge is 0.508 e. The third kappa shape index (κ3) is 4.75. The summed E-state index contributed by atoms with van der Waals surface area (Å²) in [6.07, 6.45) is 5.84. The molecule has 2 aromatic rings. The fourth-order valence-corrected chi connectivity index (χ4v) is 3.44. The molecule has 0 saturated carbocycles. The van der Waals surface area contributed by atoms with Gasteiger partial charge >= 0.3 is 0 Å². The van der Waals surface area contributed by atoms with Crippen LogP contribution in [0.4, 0.5) is 0 Å². The van der Waals surface area contributed by atoms with Crippen LogP contribution in [-0.2, 0) is 17.6 Å². The Morgan fingerprint density at radius 3 is 2.76 bits per heavy atom. The number of aromatic amines is 1. The zero-order valence-electron chi connectivity index (χ0n) is 14.2. The van der Waals surface area contributed by atoms with E-state index in [-0.39, 0.29) is 23.3 Å². The average Bonchev–Trinajstić information content (AvgIpc) is 3.05. The number of aryl methyl sites for hydroxylation is 2. The number of likely N-dealkylation sites (tertiary alicyclic amines) is 1. The molecule has 1 aromatic heterocycles. The summed E-state index contributed by atoms with van der Waals surface area (Å²) in [5.41, 5.74) is 0.900. The molecule has 3 rings (SSSR count). The number of carbonyl (C=O) groups excluding carboxylic acids is 1. The number of rotatable bonds is 6. The van der Waals surface area contributed by atoms with Crippen LogP contribution in [0.15, 0.2) is 39.6 Å². The van der Waals surface area contributed by atoms with Crippen LogP contribution < -0.4 is 5.56 Å². The summed E-state index contributed by atoms with van der Waals surface area (Å²) < 4.78 is 5.02. The second kappa shape index (κ2) is 8.05. The molecule has 25 heavy (non-hydrogen) atoms. The van der Waals surface area contributed by atoms with Crippen molar-refractivity contribution in [3.8, 4) is 5.75 Å². The van der Waals surface area contributed by atoms with Crippen molar-refractivity contribution < 1.29 is 14.4 Å². The van der Waals surface area contributed by atoms with E-state index in [1.165, 1.54) is 11.6 Å². The Labute approximate surface area is 146 Å². The monoisotopic (exact) mass is 344 g/mol. The van der Waals surface area contributed by atoms with Crippen LogP contribution in [-0.4, -0.2) is 33.7 Å². The van der Waals surface area contributed by atoms with Crippen molar-refractivity contribution in [3.05, 3.63) is 52.0 Å². The molecule has 1 aromatic carbocycles. The van der Waals surface area contributed by atoms with Gasteiger partial charge in [0.2, 0.25) is 5.91 Å². The highest BCUT2D eigenvalue weighted by Crippen LogP contribution is 2.23. The lowest BCUT2D eigenvalue weighted by Crippen LogP contribution is -2.44. The van der Waals surface area contributed by atoms with E-state index in [9.17, 15) is 14.7 Å². The molecule has 134 valence electrons. The zero-order valence-corrected chi connectivity index (χ0v) is 14.2. The van der Waals surface area contributed by atoms with E-state index in [2.05, 4.69) is 5.16 Å². The maximum Gasteiger partial charge on any atom is 0.280 e. The summed E-state index contributed by atoms with van der Waals surface area (Å²) in [6, 6.07) is 8.91. The second-order valence-electron chi connectivity index (χ2n) is 6.62. The van der Waals surface area contributed by atoms with E-state index in [0.717, 1.165) is 38.6 Å². The van der Waals surface area contributed by atoms with Crippen LogP contribution in [0.5, 0.6) is 5.75 Å². The number of piperidine rings is 1. The molecule has 1 unspecified atom stereocenters. The summed E-state index contributed by atoms with van der Waals surface area (Å²) >= 11 is 0. The van der Waals surface area contributed by atoms with Gasteiger partial charge in [-0.05, 0) is 49.8 Å². The number of phenols is 1. The Morgan fingerprint density at radius 2 is 2.04 bits per heavy atom. The fourth-order valence-electron chi connectivity index (χ4n) is 3.44. The van der Waals surface area contributed by atoms with Crippen molar-refractivity contribution in [2.24, 2.45) is 0 Å². The minimum absolute atomic E-state index is 0.124. The van der Waals surface area contributed by atoms with E-state index in [0.29, 0.717) is 18.6 Å². The van der Waals surface area contributed by atoms with Gasteiger partial charge in [-0.25, -0.2) is 0 Å². The highest BCUT2D eigenvalue weighted by atomic mass is 16.5. The Balaban J connectivity index is 1.54.